The minimum absolute atomic E-state index is 0.0162. The minimum atomic E-state index is -5.07. The van der Waals surface area contributed by atoms with Crippen LogP contribution < -0.4 is 10.2 Å². The summed E-state index contributed by atoms with van der Waals surface area (Å²) in [6.07, 6.45) is -7.44. The molecule has 1 saturated heterocycles. The number of carboxylic acid groups (broad SMARTS) is 1. The van der Waals surface area contributed by atoms with Gasteiger partial charge in [0.05, 0.1) is 40.4 Å². The van der Waals surface area contributed by atoms with Gasteiger partial charge in [0, 0.05) is 18.7 Å². The summed E-state index contributed by atoms with van der Waals surface area (Å²) in [5.74, 6) is -1.50. The van der Waals surface area contributed by atoms with E-state index in [0.29, 0.717) is 66.3 Å². The number of nitrogens with one attached hydrogen (secondary N) is 1. The van der Waals surface area contributed by atoms with Crippen LogP contribution in [-0.2, 0) is 27.4 Å². The Balaban J connectivity index is 1.64. The highest BCUT2D eigenvalue weighted by molar-refractivity contribution is 5.94. The molecule has 1 aromatic heterocycles. The fourth-order valence-electron chi connectivity index (χ4n) is 5.79. The van der Waals surface area contributed by atoms with Gasteiger partial charge in [0.15, 0.2) is 5.78 Å². The summed E-state index contributed by atoms with van der Waals surface area (Å²) in [7, 11) is 0. The molecule has 4 rings (SSSR count). The summed E-state index contributed by atoms with van der Waals surface area (Å²) < 4.78 is 95.0. The van der Waals surface area contributed by atoms with Crippen LogP contribution >= 0.6 is 0 Å². The third-order valence-electron chi connectivity index (χ3n) is 9.20. The molecule has 2 heterocycles. The number of rotatable bonds is 9. The number of alkyl halides is 6. The second kappa shape index (κ2) is 12.8. The van der Waals surface area contributed by atoms with Crippen molar-refractivity contribution in [1.29, 1.82) is 0 Å². The number of aliphatic carboxylic acids is 1. The molecule has 0 unspecified atom stereocenters. The van der Waals surface area contributed by atoms with Crippen LogP contribution in [0.4, 0.5) is 42.2 Å². The summed E-state index contributed by atoms with van der Waals surface area (Å²) in [6, 6.07) is 7.04. The van der Waals surface area contributed by atoms with Crippen LogP contribution in [0.25, 0.3) is 11.1 Å². The van der Waals surface area contributed by atoms with Crippen molar-refractivity contribution in [2.75, 3.05) is 29.9 Å². The molecule has 0 spiro atoms. The number of hydrogen-bond acceptors (Lipinski definition) is 5. The molecule has 1 aliphatic rings. The third kappa shape index (κ3) is 7.70. The van der Waals surface area contributed by atoms with Crippen molar-refractivity contribution in [3.05, 3.63) is 76.7 Å². The predicted molar refractivity (Wildman–Crippen MR) is 164 cm³/mol. The molecule has 254 valence electrons. The van der Waals surface area contributed by atoms with Gasteiger partial charge < -0.3 is 15.3 Å². The van der Waals surface area contributed by atoms with E-state index in [9.17, 15) is 45.4 Å². The highest BCUT2D eigenvalue weighted by Gasteiger charge is 2.41. The summed E-state index contributed by atoms with van der Waals surface area (Å²) >= 11 is 0. The average molecular weight is 668 g/mol. The van der Waals surface area contributed by atoms with Gasteiger partial charge in [-0.2, -0.15) is 26.3 Å². The average Bonchev–Trinajstić information content (AvgIpc) is 2.98. The first-order chi connectivity index (χ1) is 21.6. The molecule has 47 heavy (non-hydrogen) atoms. The number of carbonyl (C=O) groups is 2. The Morgan fingerprint density at radius 3 is 1.94 bits per heavy atom. The van der Waals surface area contributed by atoms with E-state index < -0.39 is 64.0 Å². The Morgan fingerprint density at radius 1 is 0.872 bits per heavy atom. The third-order valence-corrected chi connectivity index (χ3v) is 9.20. The standard InChI is InChI=1S/C34H36F7N3O3/c1-19-12-24(35)6-7-25(19)26-16-29(44-10-8-20(9-11-44)32(4,5)30(46)47)43-17-27(26)42-18-28(45)31(2,3)21-13-22(33(36,37)38)15-23(14-21)34(39,40)41/h6-7,12-17,20,42H,8-11,18H2,1-5H3,(H,46,47). The molecule has 0 radical (unpaired) electrons. The molecule has 0 amide bonds. The number of halogens is 7. The number of nitrogens with zero attached hydrogens (tertiary/aromatic N) is 2. The van der Waals surface area contributed by atoms with Gasteiger partial charge in [0.1, 0.15) is 11.6 Å². The lowest BCUT2D eigenvalue weighted by Crippen LogP contribution is -2.42. The van der Waals surface area contributed by atoms with Gasteiger partial charge in [-0.25, -0.2) is 9.37 Å². The fraction of sp³-hybridized carbons (Fsp3) is 0.441. The Morgan fingerprint density at radius 2 is 1.43 bits per heavy atom. The zero-order chi connectivity index (χ0) is 35.1. The lowest BCUT2D eigenvalue weighted by Gasteiger charge is -2.39. The van der Waals surface area contributed by atoms with Crippen LogP contribution in [0, 0.1) is 24.1 Å². The minimum Gasteiger partial charge on any atom is -0.481 e. The van der Waals surface area contributed by atoms with Crippen LogP contribution in [0.15, 0.2) is 48.7 Å². The van der Waals surface area contributed by atoms with E-state index in [0.717, 1.165) is 0 Å². The number of hydrogen-bond donors (Lipinski definition) is 2. The Hall–Kier alpha value is -4.16. The smallest absolute Gasteiger partial charge is 0.416 e. The van der Waals surface area contributed by atoms with Crippen molar-refractivity contribution in [3.63, 3.8) is 0 Å². The van der Waals surface area contributed by atoms with Gasteiger partial charge >= 0.3 is 18.3 Å². The number of carboxylic acids is 1. The van der Waals surface area contributed by atoms with E-state index in [-0.39, 0.29) is 12.0 Å². The topological polar surface area (TPSA) is 82.5 Å². The number of carbonyl (C=O) groups excluding carboxylic acids is 1. The Kier molecular flexibility index (Phi) is 9.72. The van der Waals surface area contributed by atoms with Gasteiger partial charge in [-0.3, -0.25) is 9.59 Å². The molecule has 0 bridgehead atoms. The summed E-state index contributed by atoms with van der Waals surface area (Å²) in [5, 5.41) is 12.6. The lowest BCUT2D eigenvalue weighted by atomic mass is 9.74. The highest BCUT2D eigenvalue weighted by atomic mass is 19.4. The molecule has 0 saturated carbocycles. The maximum Gasteiger partial charge on any atom is 0.416 e. The van der Waals surface area contributed by atoms with Crippen LogP contribution in [0.2, 0.25) is 0 Å². The summed E-state index contributed by atoms with van der Waals surface area (Å²) in [4.78, 5) is 31.7. The molecular weight excluding hydrogens is 631 g/mol. The summed E-state index contributed by atoms with van der Waals surface area (Å²) in [6.45, 7) is 8.22. The number of benzene rings is 2. The number of pyridine rings is 1. The number of ketones is 1. The monoisotopic (exact) mass is 667 g/mol. The van der Waals surface area contributed by atoms with Gasteiger partial charge in [0.2, 0.25) is 0 Å². The van der Waals surface area contributed by atoms with Crippen molar-refractivity contribution < 1.29 is 45.4 Å². The van der Waals surface area contributed by atoms with E-state index in [1.54, 1.807) is 32.9 Å². The second-order valence-electron chi connectivity index (χ2n) is 13.0. The van der Waals surface area contributed by atoms with Gasteiger partial charge in [-0.15, -0.1) is 0 Å². The lowest BCUT2D eigenvalue weighted by molar-refractivity contribution is -0.150. The zero-order valence-corrected chi connectivity index (χ0v) is 26.5. The van der Waals surface area contributed by atoms with E-state index >= 15 is 0 Å². The summed E-state index contributed by atoms with van der Waals surface area (Å²) in [5.41, 5.74) is -4.04. The van der Waals surface area contributed by atoms with E-state index in [1.807, 2.05) is 4.90 Å². The first kappa shape index (κ1) is 35.7. The van der Waals surface area contributed by atoms with Crippen LogP contribution in [0.3, 0.4) is 0 Å². The number of aryl methyl sites for hydroxylation is 1. The Bertz CT molecular complexity index is 1630. The van der Waals surface area contributed by atoms with E-state index in [4.69, 9.17) is 0 Å². The van der Waals surface area contributed by atoms with Crippen molar-refractivity contribution in [2.24, 2.45) is 11.3 Å². The van der Waals surface area contributed by atoms with Crippen molar-refractivity contribution in [3.8, 4) is 11.1 Å². The largest absolute Gasteiger partial charge is 0.481 e. The molecule has 3 aromatic rings. The van der Waals surface area contributed by atoms with E-state index in [1.165, 1.54) is 32.2 Å². The van der Waals surface area contributed by atoms with Crippen LogP contribution in [0.1, 0.15) is 62.8 Å². The fourth-order valence-corrected chi connectivity index (χ4v) is 5.79. The van der Waals surface area contributed by atoms with Crippen molar-refractivity contribution in [1.82, 2.24) is 4.98 Å². The van der Waals surface area contributed by atoms with Gasteiger partial charge in [-0.1, -0.05) is 6.07 Å². The molecule has 13 heteroatoms. The normalized spacial score (nSPS) is 15.1. The number of Topliss-reactive ketones (excluding diaryl/α,β-unsaturated/α-hetero) is 1. The number of anilines is 2. The van der Waals surface area contributed by atoms with Crippen molar-refractivity contribution >= 4 is 23.3 Å². The molecule has 1 fully saturated rings. The quantitative estimate of drug-likeness (QED) is 0.223. The maximum absolute atomic E-state index is 14.0. The van der Waals surface area contributed by atoms with E-state index in [2.05, 4.69) is 10.3 Å². The molecule has 0 atom stereocenters. The second-order valence-corrected chi connectivity index (χ2v) is 13.0. The Labute approximate surface area is 268 Å². The molecule has 2 aromatic carbocycles. The molecular formula is C34H36F7N3O3. The SMILES string of the molecule is Cc1cc(F)ccc1-c1cc(N2CCC(C(C)(C)C(=O)O)CC2)ncc1NCC(=O)C(C)(C)c1cc(C(F)(F)F)cc(C(F)(F)F)c1. The van der Waals surface area contributed by atoms with Gasteiger partial charge in [-0.05, 0) is 106 Å². The first-order valence-corrected chi connectivity index (χ1v) is 14.9. The number of piperidine rings is 1. The molecule has 6 nitrogen and oxygen atoms in total. The van der Waals surface area contributed by atoms with Crippen LogP contribution in [0.5, 0.6) is 0 Å². The van der Waals surface area contributed by atoms with Gasteiger partial charge in [0.25, 0.3) is 0 Å². The maximum atomic E-state index is 14.0. The van der Waals surface area contributed by atoms with Crippen LogP contribution in [-0.4, -0.2) is 41.5 Å². The van der Waals surface area contributed by atoms with Crippen molar-refractivity contribution in [2.45, 2.75) is 65.2 Å². The molecule has 0 aliphatic carbocycles. The zero-order valence-electron chi connectivity index (χ0n) is 26.5. The number of aromatic nitrogens is 1. The molecule has 1 aliphatic heterocycles. The highest BCUT2D eigenvalue weighted by Crippen LogP contribution is 2.41. The predicted octanol–water partition coefficient (Wildman–Crippen LogP) is 8.52. The molecule has 2 N–H and O–H groups in total. The first-order valence-electron chi connectivity index (χ1n) is 14.9.